The topological polar surface area (TPSA) is 230 Å². The molecule has 8 aromatic rings. The third-order valence-corrected chi connectivity index (χ3v) is 29.5. The molecule has 10 atom stereocenters. The second kappa shape index (κ2) is 26.7. The number of carbonyl (C=O) groups excluding carboxylic acids is 1. The van der Waals surface area contributed by atoms with Crippen LogP contribution in [0.15, 0.2) is 106 Å². The van der Waals surface area contributed by atoms with E-state index in [0.29, 0.717) is 109 Å². The van der Waals surface area contributed by atoms with E-state index in [1.54, 1.807) is 43.2 Å². The molecule has 1 aromatic heterocycles. The molecule has 2 spiro atoms. The fourth-order valence-electron chi connectivity index (χ4n) is 19.0. The fraction of sp³-hybridized carbons (Fsp3) is 0.457. The number of ketones is 1. The first-order valence-corrected chi connectivity index (χ1v) is 40.4. The van der Waals surface area contributed by atoms with Gasteiger partial charge < -0.3 is 55.3 Å². The lowest BCUT2D eigenvalue weighted by Crippen LogP contribution is -2.48. The highest BCUT2D eigenvalue weighted by Crippen LogP contribution is 2.65. The zero-order valence-electron chi connectivity index (χ0n) is 55.6. The third kappa shape index (κ3) is 11.4. The van der Waals surface area contributed by atoms with Crippen LogP contribution in [0.4, 0.5) is 0 Å². The maximum atomic E-state index is 16.0. The molecule has 11 aliphatic heterocycles. The van der Waals surface area contributed by atoms with Gasteiger partial charge in [-0.2, -0.15) is 0 Å². The van der Waals surface area contributed by atoms with E-state index in [1.807, 2.05) is 18.2 Å². The Morgan fingerprint density at radius 1 is 0.735 bits per heavy atom. The summed E-state index contributed by atoms with van der Waals surface area (Å²) in [4.78, 5) is 31.5. The molecule has 9 N–H and O–H groups in total. The molecular formula is C81H87NO12S4. The lowest BCUT2D eigenvalue weighted by molar-refractivity contribution is -0.125. The predicted molar refractivity (Wildman–Crippen MR) is 393 cm³/mol. The zero-order chi connectivity index (χ0) is 67.5. The molecule has 0 unspecified atom stereocenters. The highest BCUT2D eigenvalue weighted by atomic mass is 33.1. The Hall–Kier alpha value is -6.12. The Labute approximate surface area is 587 Å². The van der Waals surface area contributed by atoms with Gasteiger partial charge in [-0.1, -0.05) is 149 Å². The van der Waals surface area contributed by atoms with Gasteiger partial charge in [0, 0.05) is 72.0 Å². The highest BCUT2D eigenvalue weighted by Gasteiger charge is 2.55. The van der Waals surface area contributed by atoms with Crippen molar-refractivity contribution in [3.63, 3.8) is 0 Å². The molecule has 20 bridgehead atoms. The lowest BCUT2D eigenvalue weighted by atomic mass is 9.62. The molecule has 3 fully saturated rings. The molecule has 12 heterocycles. The van der Waals surface area contributed by atoms with E-state index in [0.717, 1.165) is 93.9 Å². The Balaban J connectivity index is 0.969. The second-order valence-electron chi connectivity index (χ2n) is 30.0. The van der Waals surface area contributed by atoms with E-state index in [4.69, 9.17) is 9.15 Å². The van der Waals surface area contributed by atoms with Crippen molar-refractivity contribution in [2.45, 2.75) is 187 Å². The SMILES string of the molecule is CC(C)Cc1cc2c3c(c1O)Cc1cccc(c1)[C@@H]1NC[C@H](Cc4cccc(c4)CC(=O)C4(CCCCC4)c4ccc(c(O)c4)C[C@@]45SSCCC[C@@H](O)[C@H]6C[C@@H](c7c(cc8c9c(ccc4c79)C[C@@H](CCCO)[C@H]8CCO)-c4c(O)cc7oc-2c(O)c(=O)c7c4O6)[C@@H]5O)C[C@H]1SSC3. The quantitative estimate of drug-likeness (QED) is 0.0676. The van der Waals surface area contributed by atoms with Crippen LogP contribution in [-0.4, -0.2) is 95.7 Å². The molecule has 7 aromatic carbocycles. The van der Waals surface area contributed by atoms with Gasteiger partial charge >= 0.3 is 0 Å². The van der Waals surface area contributed by atoms with Crippen LogP contribution < -0.4 is 15.5 Å². The Kier molecular flexibility index (Phi) is 18.1. The van der Waals surface area contributed by atoms with E-state index >= 15 is 9.59 Å². The summed E-state index contributed by atoms with van der Waals surface area (Å²) in [6, 6.07) is 32.7. The molecule has 1 saturated carbocycles. The van der Waals surface area contributed by atoms with E-state index in [-0.39, 0.29) is 119 Å². The largest absolute Gasteiger partial charge is 0.508 e. The Morgan fingerprint density at radius 3 is 2.35 bits per heavy atom. The number of aromatic hydroxyl groups is 4. The Bertz CT molecular complexity index is 4540. The minimum absolute atomic E-state index is 0.0000222. The maximum Gasteiger partial charge on any atom is 0.238 e. The van der Waals surface area contributed by atoms with Gasteiger partial charge in [0.1, 0.15) is 45.9 Å². The van der Waals surface area contributed by atoms with Crippen LogP contribution in [0, 0.1) is 17.8 Å². The first-order valence-electron chi connectivity index (χ1n) is 35.7. The number of ether oxygens (including phenoxy) is 1. The van der Waals surface area contributed by atoms with Crippen LogP contribution in [-0.2, 0) is 59.2 Å². The molecule has 17 heteroatoms. The van der Waals surface area contributed by atoms with Gasteiger partial charge in [0.05, 0.1) is 27.9 Å². The van der Waals surface area contributed by atoms with Crippen LogP contribution in [0.25, 0.3) is 44.2 Å². The van der Waals surface area contributed by atoms with E-state index in [1.165, 1.54) is 11.6 Å². The summed E-state index contributed by atoms with van der Waals surface area (Å²) in [5, 5.41) is 106. The lowest BCUT2D eigenvalue weighted by Gasteiger charge is -2.49. The van der Waals surface area contributed by atoms with Crippen molar-refractivity contribution in [3.05, 3.63) is 180 Å². The summed E-state index contributed by atoms with van der Waals surface area (Å²) in [6.07, 6.45) is 6.93. The summed E-state index contributed by atoms with van der Waals surface area (Å²) < 4.78 is 13.2. The van der Waals surface area contributed by atoms with Gasteiger partial charge in [-0.05, 0) is 215 Å². The third-order valence-electron chi connectivity index (χ3n) is 23.6. The maximum absolute atomic E-state index is 16.0. The van der Waals surface area contributed by atoms with Gasteiger partial charge in [0.15, 0.2) is 5.76 Å². The number of aliphatic hydroxyl groups excluding tert-OH is 4. The monoisotopic (exact) mass is 1390 g/mol. The number of phenols is 3. The summed E-state index contributed by atoms with van der Waals surface area (Å²) in [5.74, 6) is -0.445. The van der Waals surface area contributed by atoms with E-state index in [2.05, 4.69) is 92.0 Å². The van der Waals surface area contributed by atoms with Crippen LogP contribution in [0.1, 0.15) is 181 Å². The van der Waals surface area contributed by atoms with Crippen molar-refractivity contribution < 1.29 is 54.8 Å². The smallest absolute Gasteiger partial charge is 0.238 e. The number of hydrogen-bond acceptors (Lipinski definition) is 17. The average molecular weight is 1390 g/mol. The van der Waals surface area contributed by atoms with Crippen LogP contribution in [0.3, 0.4) is 0 Å². The standard InChI is InChI=1S/C81H87NO12S4/c1-42(2)26-51-34-56-59-41-96-97-66-31-46(40-82-73(66)49-13-7-12-45(29-49)30-55(59)74(51)89)28-43-10-6-11-44(27-43)32-67(88)80(21-4-3-5-22-80)52-18-16-50(62(86)35-52)39-81-60-19-17-48-33-47(14-8-23-83)53(20-24-84)54-36-57-69(71(60)68(48)54)58(79(81)92)37-64(61(85)15-9-25-95-98-81)93-78-70(57)63(87)38-65-72(78)75(90)76(91)77(56)94-65/h6-7,10-13,16-19,27,29,34-36,38,42,46-47,53,58,61,64,66,73,79,82-87,89,91-92H,3-5,8-9,14-15,20-26,28,30-33,37,39-41H2,1-2H3/t46-,47-,53-,58+,61-,64-,66-,73+,79+,81-/m1/s1. The second-order valence-corrected chi connectivity index (χ2v) is 35.4. The molecule has 0 amide bonds. The number of Topliss-reactive ketones (excluding diaryl/α,β-unsaturated/α-hetero) is 1. The molecule has 14 aliphatic rings. The molecule has 13 nitrogen and oxygen atoms in total. The summed E-state index contributed by atoms with van der Waals surface area (Å²) in [6.45, 7) is 4.84. The van der Waals surface area contributed by atoms with Crippen LogP contribution in [0.2, 0.25) is 0 Å². The van der Waals surface area contributed by atoms with Crippen LogP contribution in [0.5, 0.6) is 28.7 Å². The molecule has 3 aliphatic carbocycles. The van der Waals surface area contributed by atoms with E-state index in [9.17, 15) is 40.9 Å². The number of rotatable bonds is 7. The Morgan fingerprint density at radius 2 is 1.54 bits per heavy atom. The van der Waals surface area contributed by atoms with Gasteiger partial charge in [-0.25, -0.2) is 0 Å². The number of fused-ring (bicyclic) bond motifs is 4. The predicted octanol–water partition coefficient (Wildman–Crippen LogP) is 15.4. The summed E-state index contributed by atoms with van der Waals surface area (Å²) in [7, 11) is 6.68. The molecule has 2 saturated heterocycles. The molecule has 0 radical (unpaired) electrons. The van der Waals surface area contributed by atoms with Crippen molar-refractivity contribution in [3.8, 4) is 51.2 Å². The molecule has 22 rings (SSSR count). The van der Waals surface area contributed by atoms with Gasteiger partial charge in [0.25, 0.3) is 0 Å². The van der Waals surface area contributed by atoms with Gasteiger partial charge in [0.2, 0.25) is 11.2 Å². The molecular weight excluding hydrogens is 1310 g/mol. The normalized spacial score (nSPS) is 26.4. The number of nitrogens with one attached hydrogen (secondary N) is 1. The van der Waals surface area contributed by atoms with Gasteiger partial charge in [-0.3, -0.25) is 9.59 Å². The number of aliphatic hydroxyl groups is 4. The van der Waals surface area contributed by atoms with E-state index < -0.39 is 45.6 Å². The van der Waals surface area contributed by atoms with Crippen molar-refractivity contribution >= 4 is 70.7 Å². The average Bonchev–Trinajstić information content (AvgIpc) is 0.730. The van der Waals surface area contributed by atoms with Crippen molar-refractivity contribution in [1.82, 2.24) is 5.32 Å². The minimum atomic E-state index is -1.20. The first-order chi connectivity index (χ1) is 47.5. The van der Waals surface area contributed by atoms with Crippen molar-refractivity contribution in [1.29, 1.82) is 0 Å². The fourth-order valence-corrected chi connectivity index (χ4v) is 25.3. The number of piperidine rings is 1. The zero-order valence-corrected chi connectivity index (χ0v) is 58.9. The number of benzene rings is 7. The number of phenolic OH excluding ortho intramolecular Hbond substituents is 3. The van der Waals surface area contributed by atoms with Crippen molar-refractivity contribution in [2.75, 3.05) is 25.5 Å². The number of carbonyl (C=O) groups is 1. The summed E-state index contributed by atoms with van der Waals surface area (Å²) in [5.41, 5.74) is 10.7. The number of hydrogen-bond donors (Lipinski definition) is 9. The molecule has 512 valence electrons. The summed E-state index contributed by atoms with van der Waals surface area (Å²) >= 11 is 0. The minimum Gasteiger partial charge on any atom is -0.508 e. The van der Waals surface area contributed by atoms with Crippen molar-refractivity contribution in [2.24, 2.45) is 17.8 Å². The first kappa shape index (κ1) is 66.4. The molecule has 98 heavy (non-hydrogen) atoms. The highest BCUT2D eigenvalue weighted by molar-refractivity contribution is 8.77. The van der Waals surface area contributed by atoms with Gasteiger partial charge in [-0.15, -0.1) is 0 Å². The van der Waals surface area contributed by atoms with Crippen LogP contribution >= 0.6 is 43.2 Å².